The quantitative estimate of drug-likeness (QED) is 0.441. The zero-order chi connectivity index (χ0) is 13.1. The first-order chi connectivity index (χ1) is 8.04. The van der Waals surface area contributed by atoms with Crippen molar-refractivity contribution in [2.75, 3.05) is 13.2 Å². The van der Waals surface area contributed by atoms with Gasteiger partial charge < -0.3 is 9.47 Å². The summed E-state index contributed by atoms with van der Waals surface area (Å²) in [5.74, 6) is -1.61. The fraction of sp³-hybridized carbons (Fsp3) is 0.917. The van der Waals surface area contributed by atoms with Gasteiger partial charge in [0, 0.05) is 0 Å². The molecule has 0 saturated heterocycles. The molecule has 0 bridgehead atoms. The molecule has 0 unspecified atom stereocenters. The lowest BCUT2D eigenvalue weighted by atomic mass is 10.1. The lowest BCUT2D eigenvalue weighted by molar-refractivity contribution is -0.250. The molecule has 5 heteroatoms. The van der Waals surface area contributed by atoms with Crippen LogP contribution in [0.15, 0.2) is 0 Å². The molecule has 0 N–H and O–H groups in total. The van der Waals surface area contributed by atoms with Gasteiger partial charge in [-0.1, -0.05) is 39.0 Å². The van der Waals surface area contributed by atoms with Crippen LogP contribution >= 0.6 is 0 Å². The number of halogens is 2. The van der Waals surface area contributed by atoms with E-state index in [1.54, 1.807) is 0 Å². The fourth-order valence-corrected chi connectivity index (χ4v) is 1.36. The molecular weight excluding hydrogens is 230 g/mol. The van der Waals surface area contributed by atoms with E-state index in [0.29, 0.717) is 6.42 Å². The molecule has 0 saturated carbocycles. The minimum absolute atomic E-state index is 0.0746. The molecule has 0 atom stereocenters. The number of hydrogen-bond donors (Lipinski definition) is 0. The summed E-state index contributed by atoms with van der Waals surface area (Å²) in [6, 6.07) is 0. The summed E-state index contributed by atoms with van der Waals surface area (Å²) in [6.07, 6.45) is 2.03. The van der Waals surface area contributed by atoms with Crippen molar-refractivity contribution >= 4 is 5.97 Å². The number of rotatable bonds is 10. The molecule has 17 heavy (non-hydrogen) atoms. The first kappa shape index (κ1) is 16.3. The molecule has 0 spiro atoms. The van der Waals surface area contributed by atoms with Crippen molar-refractivity contribution in [3.63, 3.8) is 0 Å². The number of hydrogen-bond acceptors (Lipinski definition) is 3. The molecule has 0 rings (SSSR count). The van der Waals surface area contributed by atoms with Crippen molar-refractivity contribution in [3.05, 3.63) is 0 Å². The zero-order valence-corrected chi connectivity index (χ0v) is 10.6. The normalized spacial score (nSPS) is 11.5. The second kappa shape index (κ2) is 9.33. The topological polar surface area (TPSA) is 35.5 Å². The monoisotopic (exact) mass is 252 g/mol. The average Bonchev–Trinajstić information content (AvgIpc) is 2.28. The number of carbonyl (C=O) groups excluding carboxylic acids is 1. The molecule has 0 aliphatic heterocycles. The Bertz CT molecular complexity index is 208. The summed E-state index contributed by atoms with van der Waals surface area (Å²) in [7, 11) is 0. The summed E-state index contributed by atoms with van der Waals surface area (Å²) in [4.78, 5) is 10.8. The molecule has 0 fully saturated rings. The van der Waals surface area contributed by atoms with Gasteiger partial charge in [-0.15, -0.1) is 0 Å². The average molecular weight is 252 g/mol. The minimum Gasteiger partial charge on any atom is -0.460 e. The van der Waals surface area contributed by atoms with Gasteiger partial charge in [0.1, 0.15) is 0 Å². The van der Waals surface area contributed by atoms with Crippen molar-refractivity contribution in [2.24, 2.45) is 0 Å². The summed E-state index contributed by atoms with van der Waals surface area (Å²) < 4.78 is 34.3. The number of esters is 1. The Morgan fingerprint density at radius 2 is 1.65 bits per heavy atom. The number of ether oxygens (including phenoxy) is 2. The van der Waals surface area contributed by atoms with Crippen LogP contribution in [-0.2, 0) is 14.3 Å². The van der Waals surface area contributed by atoms with Crippen LogP contribution < -0.4 is 0 Å². The van der Waals surface area contributed by atoms with Gasteiger partial charge in [-0.2, -0.15) is 8.78 Å². The molecule has 3 nitrogen and oxygen atoms in total. The van der Waals surface area contributed by atoms with E-state index in [0.717, 1.165) is 25.7 Å². The van der Waals surface area contributed by atoms with E-state index in [9.17, 15) is 13.6 Å². The van der Waals surface area contributed by atoms with Crippen molar-refractivity contribution in [2.45, 2.75) is 58.5 Å². The van der Waals surface area contributed by atoms with E-state index >= 15 is 0 Å². The van der Waals surface area contributed by atoms with Gasteiger partial charge in [0.2, 0.25) is 0 Å². The third kappa shape index (κ3) is 8.07. The second-order valence-corrected chi connectivity index (χ2v) is 3.85. The minimum atomic E-state index is -3.81. The predicted molar refractivity (Wildman–Crippen MR) is 60.9 cm³/mol. The van der Waals surface area contributed by atoms with Crippen LogP contribution in [0, 0.1) is 0 Å². The first-order valence-electron chi connectivity index (χ1n) is 6.23. The van der Waals surface area contributed by atoms with Gasteiger partial charge in [-0.3, -0.25) is 0 Å². The van der Waals surface area contributed by atoms with Crippen molar-refractivity contribution < 1.29 is 23.0 Å². The summed E-state index contributed by atoms with van der Waals surface area (Å²) in [5, 5.41) is 0. The standard InChI is InChI=1S/C12H22F2O3/c1-3-5-6-7-8-9-10-17-12(13,14)11(15)16-4-2/h3-10H2,1-2H3. The molecule has 0 amide bonds. The van der Waals surface area contributed by atoms with Gasteiger partial charge in [-0.05, 0) is 13.3 Å². The van der Waals surface area contributed by atoms with Crippen molar-refractivity contribution in [1.29, 1.82) is 0 Å². The molecule has 0 heterocycles. The van der Waals surface area contributed by atoms with Crippen LogP contribution in [0.4, 0.5) is 8.78 Å². The summed E-state index contributed by atoms with van der Waals surface area (Å²) >= 11 is 0. The molecule has 102 valence electrons. The van der Waals surface area contributed by atoms with Gasteiger partial charge in [0.25, 0.3) is 0 Å². The molecule has 0 aromatic carbocycles. The Morgan fingerprint density at radius 1 is 1.06 bits per heavy atom. The van der Waals surface area contributed by atoms with E-state index in [-0.39, 0.29) is 13.2 Å². The highest BCUT2D eigenvalue weighted by Crippen LogP contribution is 2.18. The molecule has 0 radical (unpaired) electrons. The lowest BCUT2D eigenvalue weighted by Crippen LogP contribution is -2.34. The Morgan fingerprint density at radius 3 is 2.24 bits per heavy atom. The maximum Gasteiger partial charge on any atom is 0.456 e. The van der Waals surface area contributed by atoms with Crippen LogP contribution in [0.3, 0.4) is 0 Å². The molecule has 0 aliphatic carbocycles. The van der Waals surface area contributed by atoms with E-state index in [1.165, 1.54) is 13.3 Å². The highest BCUT2D eigenvalue weighted by atomic mass is 19.3. The Balaban J connectivity index is 3.55. The lowest BCUT2D eigenvalue weighted by Gasteiger charge is -2.14. The Labute approximate surface area is 101 Å². The maximum absolute atomic E-state index is 12.9. The van der Waals surface area contributed by atoms with Crippen LogP contribution in [-0.4, -0.2) is 25.3 Å². The van der Waals surface area contributed by atoms with Crippen molar-refractivity contribution in [1.82, 2.24) is 0 Å². The molecule has 0 aliphatic rings. The summed E-state index contributed by atoms with van der Waals surface area (Å²) in [6.45, 7) is 3.40. The van der Waals surface area contributed by atoms with Crippen molar-refractivity contribution in [3.8, 4) is 0 Å². The Hall–Kier alpha value is -0.710. The fourth-order valence-electron chi connectivity index (χ4n) is 1.36. The van der Waals surface area contributed by atoms with Crippen LogP contribution in [0.5, 0.6) is 0 Å². The van der Waals surface area contributed by atoms with E-state index in [1.807, 2.05) is 0 Å². The number of carbonyl (C=O) groups is 1. The molecule has 0 aromatic rings. The first-order valence-corrected chi connectivity index (χ1v) is 6.23. The molecular formula is C12H22F2O3. The third-order valence-electron chi connectivity index (χ3n) is 2.29. The highest BCUT2D eigenvalue weighted by Gasteiger charge is 2.42. The smallest absolute Gasteiger partial charge is 0.456 e. The second-order valence-electron chi connectivity index (χ2n) is 3.85. The van der Waals surface area contributed by atoms with Gasteiger partial charge in [-0.25, -0.2) is 4.79 Å². The van der Waals surface area contributed by atoms with E-state index in [4.69, 9.17) is 0 Å². The van der Waals surface area contributed by atoms with E-state index < -0.39 is 12.1 Å². The van der Waals surface area contributed by atoms with Gasteiger partial charge in [0.15, 0.2) is 0 Å². The molecule has 0 aromatic heterocycles. The summed E-state index contributed by atoms with van der Waals surface area (Å²) in [5.41, 5.74) is 0. The van der Waals surface area contributed by atoms with Crippen LogP contribution in [0.25, 0.3) is 0 Å². The van der Waals surface area contributed by atoms with Crippen LogP contribution in [0.2, 0.25) is 0 Å². The Kier molecular flexibility index (Phi) is 8.94. The zero-order valence-electron chi connectivity index (χ0n) is 10.6. The SMILES string of the molecule is CCCCCCCCOC(F)(F)C(=O)OCC. The maximum atomic E-state index is 12.9. The highest BCUT2D eigenvalue weighted by molar-refractivity contribution is 5.75. The number of unbranched alkanes of at least 4 members (excludes halogenated alkanes) is 5. The van der Waals surface area contributed by atoms with Crippen LogP contribution in [0.1, 0.15) is 52.4 Å². The van der Waals surface area contributed by atoms with E-state index in [2.05, 4.69) is 16.4 Å². The number of alkyl halides is 2. The van der Waals surface area contributed by atoms with Gasteiger partial charge in [0.05, 0.1) is 13.2 Å². The third-order valence-corrected chi connectivity index (χ3v) is 2.29. The largest absolute Gasteiger partial charge is 0.460 e. The predicted octanol–water partition coefficient (Wildman–Crippen LogP) is 3.52. The van der Waals surface area contributed by atoms with Gasteiger partial charge >= 0.3 is 12.1 Å².